The molecule has 0 aliphatic carbocycles. The number of nitrogens with one attached hydrogen (secondary N) is 2. The Morgan fingerprint density at radius 3 is 2.71 bits per heavy atom. The van der Waals surface area contributed by atoms with Crippen LogP contribution >= 0.6 is 11.8 Å². The number of thioether (sulfide) groups is 1. The monoisotopic (exact) mass is 344 g/mol. The SMILES string of the molecule is CCC(C)(C)NC(=O)C(C)Sc1n[nH]c(/C=C/c2ccccc2)n1. The maximum Gasteiger partial charge on any atom is 0.233 e. The number of aromatic amines is 1. The van der Waals surface area contributed by atoms with E-state index >= 15 is 0 Å². The maximum absolute atomic E-state index is 12.2. The van der Waals surface area contributed by atoms with E-state index in [9.17, 15) is 4.79 Å². The molecule has 1 amide bonds. The van der Waals surface area contributed by atoms with Crippen molar-refractivity contribution in [1.82, 2.24) is 20.5 Å². The summed E-state index contributed by atoms with van der Waals surface area (Å²) in [7, 11) is 0. The maximum atomic E-state index is 12.2. The van der Waals surface area contributed by atoms with Crippen LogP contribution in [0.4, 0.5) is 0 Å². The van der Waals surface area contributed by atoms with Crippen LogP contribution in [0.2, 0.25) is 0 Å². The van der Waals surface area contributed by atoms with Crippen LogP contribution in [0.25, 0.3) is 12.2 Å². The first-order valence-corrected chi connectivity index (χ1v) is 8.92. The molecule has 1 atom stereocenters. The van der Waals surface area contributed by atoms with Crippen molar-refractivity contribution in [3.05, 3.63) is 41.7 Å². The zero-order valence-electron chi connectivity index (χ0n) is 14.5. The number of rotatable bonds is 7. The van der Waals surface area contributed by atoms with Crippen molar-refractivity contribution in [2.45, 2.75) is 50.1 Å². The fraction of sp³-hybridized carbons (Fsp3) is 0.389. The summed E-state index contributed by atoms with van der Waals surface area (Å²) in [6.07, 6.45) is 4.72. The predicted molar refractivity (Wildman–Crippen MR) is 99.6 cm³/mol. The summed E-state index contributed by atoms with van der Waals surface area (Å²) in [5, 5.41) is 10.4. The molecule has 2 rings (SSSR count). The Labute approximate surface area is 147 Å². The van der Waals surface area contributed by atoms with E-state index < -0.39 is 0 Å². The molecule has 0 aliphatic rings. The van der Waals surface area contributed by atoms with Gasteiger partial charge in [-0.25, -0.2) is 4.98 Å². The fourth-order valence-corrected chi connectivity index (χ4v) is 2.59. The van der Waals surface area contributed by atoms with Crippen LogP contribution in [-0.4, -0.2) is 31.9 Å². The highest BCUT2D eigenvalue weighted by Crippen LogP contribution is 2.21. The lowest BCUT2D eigenvalue weighted by molar-refractivity contribution is -0.121. The minimum absolute atomic E-state index is 0.00183. The van der Waals surface area contributed by atoms with Crippen molar-refractivity contribution in [1.29, 1.82) is 0 Å². The Kier molecular flexibility index (Phi) is 6.20. The number of nitrogens with zero attached hydrogens (tertiary/aromatic N) is 2. The van der Waals surface area contributed by atoms with Crippen LogP contribution in [0.5, 0.6) is 0 Å². The quantitative estimate of drug-likeness (QED) is 0.750. The molecule has 1 aromatic heterocycles. The summed E-state index contributed by atoms with van der Waals surface area (Å²) in [6.45, 7) is 7.95. The molecular formula is C18H24N4OS. The summed E-state index contributed by atoms with van der Waals surface area (Å²) in [5.41, 5.74) is 0.895. The first-order chi connectivity index (χ1) is 11.4. The molecule has 1 heterocycles. The minimum atomic E-state index is -0.252. The second-order valence-corrected chi connectivity index (χ2v) is 7.54. The number of benzene rings is 1. The van der Waals surface area contributed by atoms with Gasteiger partial charge in [-0.1, -0.05) is 55.1 Å². The number of aromatic nitrogens is 3. The molecule has 0 saturated carbocycles. The standard InChI is InChI=1S/C18H24N4OS/c1-5-18(3,4)20-16(23)13(2)24-17-19-15(21-22-17)12-11-14-9-7-6-8-10-14/h6-13H,5H2,1-4H3,(H,20,23)(H,19,21,22)/b12-11+. The fourth-order valence-electron chi connectivity index (χ4n) is 1.86. The highest BCUT2D eigenvalue weighted by Gasteiger charge is 2.23. The van der Waals surface area contributed by atoms with Gasteiger partial charge in [0.15, 0.2) is 0 Å². The topological polar surface area (TPSA) is 70.7 Å². The van der Waals surface area contributed by atoms with Crippen molar-refractivity contribution in [2.75, 3.05) is 0 Å². The normalized spacial score (nSPS) is 13.2. The van der Waals surface area contributed by atoms with Gasteiger partial charge in [-0.3, -0.25) is 9.89 Å². The number of carbonyl (C=O) groups is 1. The summed E-state index contributed by atoms with van der Waals surface area (Å²) in [6, 6.07) is 9.99. The largest absolute Gasteiger partial charge is 0.350 e. The van der Waals surface area contributed by atoms with Crippen LogP contribution in [0.1, 0.15) is 45.5 Å². The van der Waals surface area contributed by atoms with E-state index in [-0.39, 0.29) is 16.7 Å². The van der Waals surface area contributed by atoms with Crippen molar-refractivity contribution in [2.24, 2.45) is 0 Å². The zero-order valence-corrected chi connectivity index (χ0v) is 15.4. The molecule has 0 fully saturated rings. The molecule has 0 saturated heterocycles. The average Bonchev–Trinajstić information content (AvgIpc) is 3.01. The molecule has 1 unspecified atom stereocenters. The van der Waals surface area contributed by atoms with E-state index in [4.69, 9.17) is 0 Å². The second-order valence-electron chi connectivity index (χ2n) is 6.23. The van der Waals surface area contributed by atoms with Crippen LogP contribution in [0.15, 0.2) is 35.5 Å². The Morgan fingerprint density at radius 1 is 1.33 bits per heavy atom. The molecule has 1 aromatic carbocycles. The van der Waals surface area contributed by atoms with E-state index in [2.05, 4.69) is 27.4 Å². The molecule has 2 aromatic rings. The van der Waals surface area contributed by atoms with Gasteiger partial charge in [0.1, 0.15) is 5.82 Å². The van der Waals surface area contributed by atoms with E-state index in [1.165, 1.54) is 11.8 Å². The van der Waals surface area contributed by atoms with Gasteiger partial charge in [-0.15, -0.1) is 5.10 Å². The zero-order chi connectivity index (χ0) is 17.6. The van der Waals surface area contributed by atoms with Gasteiger partial charge < -0.3 is 5.32 Å². The first kappa shape index (κ1) is 18.3. The lowest BCUT2D eigenvalue weighted by atomic mass is 10.0. The summed E-state index contributed by atoms with van der Waals surface area (Å²) in [4.78, 5) is 16.6. The highest BCUT2D eigenvalue weighted by atomic mass is 32.2. The molecular weight excluding hydrogens is 320 g/mol. The van der Waals surface area contributed by atoms with Crippen molar-refractivity contribution in [3.8, 4) is 0 Å². The Balaban J connectivity index is 1.93. The molecule has 0 spiro atoms. The van der Waals surface area contributed by atoms with Gasteiger partial charge in [-0.05, 0) is 38.8 Å². The van der Waals surface area contributed by atoms with E-state index in [1.54, 1.807) is 0 Å². The molecule has 0 aliphatic heterocycles. The van der Waals surface area contributed by atoms with E-state index in [1.807, 2.05) is 63.3 Å². The minimum Gasteiger partial charge on any atom is -0.350 e. The summed E-state index contributed by atoms with van der Waals surface area (Å²) < 4.78 is 0. The number of hydrogen-bond donors (Lipinski definition) is 2. The van der Waals surface area contributed by atoms with Gasteiger partial charge in [0.05, 0.1) is 5.25 Å². The van der Waals surface area contributed by atoms with Crippen LogP contribution in [0.3, 0.4) is 0 Å². The number of carbonyl (C=O) groups excluding carboxylic acids is 1. The molecule has 2 N–H and O–H groups in total. The number of hydrogen-bond acceptors (Lipinski definition) is 4. The Hall–Kier alpha value is -2.08. The lowest BCUT2D eigenvalue weighted by Crippen LogP contribution is -2.46. The van der Waals surface area contributed by atoms with Gasteiger partial charge in [0.2, 0.25) is 11.1 Å². The number of amides is 1. The van der Waals surface area contributed by atoms with Crippen LogP contribution < -0.4 is 5.32 Å². The van der Waals surface area contributed by atoms with Gasteiger partial charge >= 0.3 is 0 Å². The van der Waals surface area contributed by atoms with Gasteiger partial charge in [0.25, 0.3) is 0 Å². The van der Waals surface area contributed by atoms with Crippen molar-refractivity contribution in [3.63, 3.8) is 0 Å². The third-order valence-electron chi connectivity index (χ3n) is 3.71. The first-order valence-electron chi connectivity index (χ1n) is 8.04. The smallest absolute Gasteiger partial charge is 0.233 e. The van der Waals surface area contributed by atoms with Crippen LogP contribution in [0, 0.1) is 0 Å². The Bertz CT molecular complexity index is 694. The molecule has 128 valence electrons. The third-order valence-corrected chi connectivity index (χ3v) is 4.67. The lowest BCUT2D eigenvalue weighted by Gasteiger charge is -2.26. The summed E-state index contributed by atoms with van der Waals surface area (Å²) in [5.74, 6) is 0.667. The molecule has 0 bridgehead atoms. The average molecular weight is 344 g/mol. The summed E-state index contributed by atoms with van der Waals surface area (Å²) >= 11 is 1.35. The second kappa shape index (κ2) is 8.15. The van der Waals surface area contributed by atoms with Crippen molar-refractivity contribution >= 4 is 29.8 Å². The van der Waals surface area contributed by atoms with E-state index in [0.717, 1.165) is 12.0 Å². The third kappa shape index (κ3) is 5.53. The van der Waals surface area contributed by atoms with E-state index in [0.29, 0.717) is 11.0 Å². The van der Waals surface area contributed by atoms with Gasteiger partial charge in [-0.2, -0.15) is 0 Å². The molecule has 0 radical (unpaired) electrons. The predicted octanol–water partition coefficient (Wildman–Crippen LogP) is 3.76. The van der Waals surface area contributed by atoms with Crippen molar-refractivity contribution < 1.29 is 4.79 Å². The Morgan fingerprint density at radius 2 is 2.04 bits per heavy atom. The molecule has 6 heteroatoms. The molecule has 24 heavy (non-hydrogen) atoms. The molecule has 5 nitrogen and oxygen atoms in total. The van der Waals surface area contributed by atoms with Gasteiger partial charge in [0, 0.05) is 5.54 Å². The van der Waals surface area contributed by atoms with Crippen LogP contribution in [-0.2, 0) is 4.79 Å². The number of H-pyrrole nitrogens is 1. The highest BCUT2D eigenvalue weighted by molar-refractivity contribution is 8.00.